The molecule has 0 aliphatic carbocycles. The van der Waals surface area contributed by atoms with Crippen molar-refractivity contribution in [1.29, 1.82) is 0 Å². The normalized spacial score (nSPS) is 10.7. The Labute approximate surface area is 152 Å². The van der Waals surface area contributed by atoms with Gasteiger partial charge in [-0.05, 0) is 69.6 Å². The van der Waals surface area contributed by atoms with Crippen molar-refractivity contribution < 1.29 is 0 Å². The third-order valence-electron chi connectivity index (χ3n) is 2.97. The van der Waals surface area contributed by atoms with Crippen molar-refractivity contribution in [2.24, 2.45) is 0 Å². The fourth-order valence-corrected chi connectivity index (χ4v) is 3.55. The smallest absolute Gasteiger partial charge is 0.162 e. The quantitative estimate of drug-likeness (QED) is 0.571. The average molecular weight is 481 g/mol. The van der Waals surface area contributed by atoms with Crippen LogP contribution < -0.4 is 5.32 Å². The van der Waals surface area contributed by atoms with E-state index in [0.717, 1.165) is 50.3 Å². The van der Waals surface area contributed by atoms with Gasteiger partial charge in [0.2, 0.25) is 0 Å². The number of aromatic nitrogens is 2. The van der Waals surface area contributed by atoms with E-state index < -0.39 is 0 Å². The highest BCUT2D eigenvalue weighted by Crippen LogP contribution is 2.31. The van der Waals surface area contributed by atoms with Crippen molar-refractivity contribution in [3.05, 3.63) is 37.0 Å². The highest BCUT2D eigenvalue weighted by atomic mass is 127. The first-order chi connectivity index (χ1) is 10.1. The third-order valence-corrected chi connectivity index (χ3v) is 4.99. The zero-order valence-electron chi connectivity index (χ0n) is 11.9. The first-order valence-electron chi connectivity index (χ1n) is 6.82. The molecule has 1 heterocycles. The van der Waals surface area contributed by atoms with Gasteiger partial charge in [0.05, 0.1) is 9.26 Å². The summed E-state index contributed by atoms with van der Waals surface area (Å²) in [5, 5.41) is 4.07. The molecule has 0 amide bonds. The molecule has 0 radical (unpaired) electrons. The summed E-state index contributed by atoms with van der Waals surface area (Å²) >= 11 is 11.9. The predicted octanol–water partition coefficient (Wildman–Crippen LogP) is 5.55. The van der Waals surface area contributed by atoms with Crippen molar-refractivity contribution in [1.82, 2.24) is 9.97 Å². The highest BCUT2D eigenvalue weighted by Gasteiger charge is 2.14. The van der Waals surface area contributed by atoms with E-state index in [-0.39, 0.29) is 0 Å². The van der Waals surface area contributed by atoms with E-state index >= 15 is 0 Å². The van der Waals surface area contributed by atoms with Crippen molar-refractivity contribution in [2.45, 2.75) is 26.7 Å². The minimum Gasteiger partial charge on any atom is -0.369 e. The first-order valence-corrected chi connectivity index (χ1v) is 9.07. The van der Waals surface area contributed by atoms with E-state index in [2.05, 4.69) is 67.7 Å². The second-order valence-corrected chi connectivity index (χ2v) is 6.93. The van der Waals surface area contributed by atoms with Crippen molar-refractivity contribution in [3.63, 3.8) is 0 Å². The number of hydrogen-bond donors (Lipinski definition) is 1. The molecule has 0 bridgehead atoms. The lowest BCUT2D eigenvalue weighted by Gasteiger charge is -2.13. The molecule has 6 heteroatoms. The van der Waals surface area contributed by atoms with Crippen LogP contribution in [0.3, 0.4) is 0 Å². The van der Waals surface area contributed by atoms with E-state index in [1.54, 1.807) is 0 Å². The summed E-state index contributed by atoms with van der Waals surface area (Å²) in [6.45, 7) is 5.14. The molecule has 0 spiro atoms. The summed E-state index contributed by atoms with van der Waals surface area (Å²) in [5.41, 5.74) is 2.01. The van der Waals surface area contributed by atoms with Crippen LogP contribution in [0.25, 0.3) is 11.4 Å². The van der Waals surface area contributed by atoms with Crippen molar-refractivity contribution >= 4 is 55.9 Å². The molecule has 0 unspecified atom stereocenters. The van der Waals surface area contributed by atoms with Gasteiger partial charge in [0.25, 0.3) is 0 Å². The number of nitrogens with zero attached hydrogens (tertiary/aromatic N) is 2. The van der Waals surface area contributed by atoms with Gasteiger partial charge in [-0.25, -0.2) is 9.97 Å². The molecular formula is C15H16BrClIN3. The molecule has 1 aromatic heterocycles. The number of nitrogens with one attached hydrogen (secondary N) is 1. The Morgan fingerprint density at radius 1 is 1.29 bits per heavy atom. The number of hydrogen-bond acceptors (Lipinski definition) is 3. The Morgan fingerprint density at radius 3 is 2.67 bits per heavy atom. The lowest BCUT2D eigenvalue weighted by Crippen LogP contribution is -2.09. The Morgan fingerprint density at radius 2 is 2.05 bits per heavy atom. The minimum atomic E-state index is 0.691. The zero-order chi connectivity index (χ0) is 15.4. The average Bonchev–Trinajstić information content (AvgIpc) is 2.46. The molecule has 3 nitrogen and oxygen atoms in total. The molecule has 0 atom stereocenters. The van der Waals surface area contributed by atoms with Gasteiger partial charge >= 0.3 is 0 Å². The van der Waals surface area contributed by atoms with Gasteiger partial charge in [0.15, 0.2) is 5.82 Å². The maximum Gasteiger partial charge on any atom is 0.162 e. The van der Waals surface area contributed by atoms with Crippen LogP contribution in [0.5, 0.6) is 0 Å². The van der Waals surface area contributed by atoms with E-state index in [9.17, 15) is 0 Å². The molecular weight excluding hydrogens is 464 g/mol. The Bertz CT molecular complexity index is 649. The van der Waals surface area contributed by atoms with Gasteiger partial charge in [-0.3, -0.25) is 0 Å². The Balaban J connectivity index is 2.52. The fourth-order valence-electron chi connectivity index (χ4n) is 1.88. The lowest BCUT2D eigenvalue weighted by atomic mass is 10.2. The highest BCUT2D eigenvalue weighted by molar-refractivity contribution is 14.1. The van der Waals surface area contributed by atoms with Gasteiger partial charge in [-0.1, -0.05) is 25.4 Å². The number of anilines is 1. The fraction of sp³-hybridized carbons (Fsp3) is 0.333. The molecule has 0 aliphatic heterocycles. The molecule has 0 saturated carbocycles. The van der Waals surface area contributed by atoms with Crippen LogP contribution in [0.2, 0.25) is 5.02 Å². The lowest BCUT2D eigenvalue weighted by molar-refractivity contribution is 0.943. The Hall–Kier alpha value is -0.400. The molecule has 21 heavy (non-hydrogen) atoms. The summed E-state index contributed by atoms with van der Waals surface area (Å²) < 4.78 is 2.00. The number of rotatable bonds is 5. The van der Waals surface area contributed by atoms with E-state index in [4.69, 9.17) is 11.6 Å². The van der Waals surface area contributed by atoms with Crippen LogP contribution in [0.1, 0.15) is 26.0 Å². The van der Waals surface area contributed by atoms with Crippen molar-refractivity contribution in [3.8, 4) is 11.4 Å². The van der Waals surface area contributed by atoms with E-state index in [1.807, 2.05) is 18.2 Å². The largest absolute Gasteiger partial charge is 0.369 e. The molecule has 2 aromatic rings. The molecule has 1 aromatic carbocycles. The monoisotopic (exact) mass is 479 g/mol. The van der Waals surface area contributed by atoms with Crippen LogP contribution >= 0.6 is 50.1 Å². The second kappa shape index (κ2) is 7.74. The standard InChI is InChI=1S/C15H16BrClIN3/c1-3-7-19-15-13(18)12(4-2)20-14(21-15)10-6-5-9(17)8-11(10)16/h5-6,8H,3-4,7H2,1-2H3,(H,19,20,21). The third kappa shape index (κ3) is 4.07. The van der Waals surface area contributed by atoms with Crippen LogP contribution in [0, 0.1) is 3.57 Å². The van der Waals surface area contributed by atoms with E-state index in [0.29, 0.717) is 5.02 Å². The maximum atomic E-state index is 6.00. The summed E-state index contributed by atoms with van der Waals surface area (Å²) in [5.74, 6) is 1.62. The molecule has 0 saturated heterocycles. The van der Waals surface area contributed by atoms with E-state index in [1.165, 1.54) is 0 Å². The SMILES string of the molecule is CCCNc1nc(-c2ccc(Cl)cc2Br)nc(CC)c1I. The second-order valence-electron chi connectivity index (χ2n) is 4.56. The van der Waals surface area contributed by atoms with Crippen LogP contribution in [-0.2, 0) is 6.42 Å². The van der Waals surface area contributed by atoms with Gasteiger partial charge in [-0.15, -0.1) is 0 Å². The molecule has 0 aliphatic rings. The van der Waals surface area contributed by atoms with Crippen LogP contribution in [0.4, 0.5) is 5.82 Å². The Kier molecular flexibility index (Phi) is 6.25. The predicted molar refractivity (Wildman–Crippen MR) is 101 cm³/mol. The summed E-state index contributed by atoms with van der Waals surface area (Å²) in [4.78, 5) is 9.36. The van der Waals surface area contributed by atoms with Gasteiger partial charge < -0.3 is 5.32 Å². The summed E-state index contributed by atoms with van der Waals surface area (Å²) in [7, 11) is 0. The molecule has 0 fully saturated rings. The topological polar surface area (TPSA) is 37.8 Å². The maximum absolute atomic E-state index is 6.00. The minimum absolute atomic E-state index is 0.691. The van der Waals surface area contributed by atoms with Crippen LogP contribution in [0.15, 0.2) is 22.7 Å². The van der Waals surface area contributed by atoms with Gasteiger partial charge in [0.1, 0.15) is 5.82 Å². The first kappa shape index (κ1) is 17.0. The van der Waals surface area contributed by atoms with Gasteiger partial charge in [-0.2, -0.15) is 0 Å². The summed E-state index contributed by atoms with van der Waals surface area (Å²) in [6.07, 6.45) is 1.93. The molecule has 2 rings (SSSR count). The molecule has 112 valence electrons. The molecule has 1 N–H and O–H groups in total. The number of aryl methyl sites for hydroxylation is 1. The van der Waals surface area contributed by atoms with Crippen LogP contribution in [-0.4, -0.2) is 16.5 Å². The number of benzene rings is 1. The summed E-state index contributed by atoms with van der Waals surface area (Å²) in [6, 6.07) is 5.66. The number of halogens is 3. The van der Waals surface area contributed by atoms with Crippen molar-refractivity contribution in [2.75, 3.05) is 11.9 Å². The van der Waals surface area contributed by atoms with Gasteiger partial charge in [0, 0.05) is 21.6 Å². The zero-order valence-corrected chi connectivity index (χ0v) is 16.4.